The second-order valence-electron chi connectivity index (χ2n) is 5.86. The zero-order valence-electron chi connectivity index (χ0n) is 10.9. The van der Waals surface area contributed by atoms with Crippen LogP contribution in [0.3, 0.4) is 0 Å². The van der Waals surface area contributed by atoms with Crippen molar-refractivity contribution in [1.29, 1.82) is 0 Å². The van der Waals surface area contributed by atoms with Gasteiger partial charge in [-0.15, -0.1) is 6.58 Å². The quantitative estimate of drug-likeness (QED) is 0.638. The van der Waals surface area contributed by atoms with Crippen LogP contribution in [-0.4, -0.2) is 58.2 Å². The maximum atomic E-state index is 9.66. The number of hydrogen-bond acceptors (Lipinski definition) is 4. The van der Waals surface area contributed by atoms with Crippen LogP contribution in [0.25, 0.3) is 0 Å². The predicted octanol–water partition coefficient (Wildman–Crippen LogP) is 0.377. The SMILES string of the molecule is C=CC1CCC(CN2CC(O)C(O)C(O)C2)CC1. The number of allylic oxidation sites excluding steroid dienone is 1. The molecule has 0 bridgehead atoms. The molecule has 18 heavy (non-hydrogen) atoms. The van der Waals surface area contributed by atoms with Crippen molar-refractivity contribution in [2.45, 2.75) is 44.0 Å². The second kappa shape index (κ2) is 6.15. The van der Waals surface area contributed by atoms with Crippen LogP contribution >= 0.6 is 0 Å². The number of aliphatic hydroxyl groups excluding tert-OH is 3. The lowest BCUT2D eigenvalue weighted by Gasteiger charge is -2.39. The summed E-state index contributed by atoms with van der Waals surface area (Å²) in [6, 6.07) is 0. The minimum atomic E-state index is -0.988. The zero-order chi connectivity index (χ0) is 13.1. The van der Waals surface area contributed by atoms with Crippen molar-refractivity contribution in [3.8, 4) is 0 Å². The van der Waals surface area contributed by atoms with Crippen LogP contribution in [0.15, 0.2) is 12.7 Å². The Morgan fingerprint density at radius 3 is 2.06 bits per heavy atom. The van der Waals surface area contributed by atoms with E-state index in [1.165, 1.54) is 25.7 Å². The molecule has 1 heterocycles. The van der Waals surface area contributed by atoms with Crippen molar-refractivity contribution < 1.29 is 15.3 Å². The van der Waals surface area contributed by atoms with Crippen molar-refractivity contribution in [3.63, 3.8) is 0 Å². The van der Waals surface area contributed by atoms with E-state index in [0.717, 1.165) is 6.54 Å². The molecular formula is C14H25NO3. The minimum Gasteiger partial charge on any atom is -0.389 e. The lowest BCUT2D eigenvalue weighted by Crippen LogP contribution is -2.56. The van der Waals surface area contributed by atoms with Crippen molar-refractivity contribution in [2.24, 2.45) is 11.8 Å². The highest BCUT2D eigenvalue weighted by Gasteiger charge is 2.34. The Kier molecular flexibility index (Phi) is 4.78. The topological polar surface area (TPSA) is 63.9 Å². The van der Waals surface area contributed by atoms with E-state index in [0.29, 0.717) is 24.9 Å². The first-order chi connectivity index (χ1) is 8.60. The van der Waals surface area contributed by atoms with Gasteiger partial charge in [-0.05, 0) is 37.5 Å². The molecule has 0 amide bonds. The molecule has 0 radical (unpaired) electrons. The van der Waals surface area contributed by atoms with Gasteiger partial charge >= 0.3 is 0 Å². The molecule has 0 aromatic heterocycles. The summed E-state index contributed by atoms with van der Waals surface area (Å²) < 4.78 is 0. The molecule has 0 spiro atoms. The third-order valence-corrected chi connectivity index (χ3v) is 4.42. The highest BCUT2D eigenvalue weighted by Crippen LogP contribution is 2.30. The summed E-state index contributed by atoms with van der Waals surface area (Å²) in [5.74, 6) is 1.32. The van der Waals surface area contributed by atoms with Crippen LogP contribution < -0.4 is 0 Å². The molecule has 4 heteroatoms. The molecule has 2 rings (SSSR count). The van der Waals surface area contributed by atoms with Gasteiger partial charge in [0.25, 0.3) is 0 Å². The summed E-state index contributed by atoms with van der Waals surface area (Å²) in [7, 11) is 0. The van der Waals surface area contributed by atoms with E-state index in [1.807, 2.05) is 0 Å². The van der Waals surface area contributed by atoms with Crippen LogP contribution in [0.4, 0.5) is 0 Å². The Morgan fingerprint density at radius 2 is 1.56 bits per heavy atom. The largest absolute Gasteiger partial charge is 0.389 e. The summed E-state index contributed by atoms with van der Waals surface area (Å²) in [6.45, 7) is 5.71. The maximum Gasteiger partial charge on any atom is 0.108 e. The first-order valence-corrected chi connectivity index (χ1v) is 6.99. The molecule has 4 nitrogen and oxygen atoms in total. The monoisotopic (exact) mass is 255 g/mol. The van der Waals surface area contributed by atoms with E-state index in [1.54, 1.807) is 0 Å². The molecule has 3 N–H and O–H groups in total. The lowest BCUT2D eigenvalue weighted by molar-refractivity contribution is -0.112. The molecular weight excluding hydrogens is 230 g/mol. The average molecular weight is 255 g/mol. The Morgan fingerprint density at radius 1 is 1.00 bits per heavy atom. The number of aliphatic hydroxyl groups is 3. The molecule has 0 aromatic rings. The fraction of sp³-hybridized carbons (Fsp3) is 0.857. The molecule has 2 unspecified atom stereocenters. The average Bonchev–Trinajstić information content (AvgIpc) is 2.37. The van der Waals surface area contributed by atoms with Gasteiger partial charge in [0.05, 0.1) is 12.2 Å². The Bertz CT molecular complexity index is 264. The Hall–Kier alpha value is -0.420. The fourth-order valence-corrected chi connectivity index (χ4v) is 3.20. The predicted molar refractivity (Wildman–Crippen MR) is 70.1 cm³/mol. The first kappa shape index (κ1) is 14.0. The van der Waals surface area contributed by atoms with Crippen molar-refractivity contribution in [3.05, 3.63) is 12.7 Å². The Labute approximate surface area is 109 Å². The molecule has 2 aliphatic rings. The van der Waals surface area contributed by atoms with Gasteiger partial charge in [-0.2, -0.15) is 0 Å². The molecule has 1 aliphatic heterocycles. The van der Waals surface area contributed by atoms with Gasteiger partial charge in [0.2, 0.25) is 0 Å². The Balaban J connectivity index is 1.78. The second-order valence-corrected chi connectivity index (χ2v) is 5.86. The molecule has 0 aromatic carbocycles. The first-order valence-electron chi connectivity index (χ1n) is 6.99. The minimum absolute atomic E-state index is 0.472. The van der Waals surface area contributed by atoms with E-state index in [-0.39, 0.29) is 0 Å². The van der Waals surface area contributed by atoms with Gasteiger partial charge in [-0.1, -0.05) is 6.08 Å². The van der Waals surface area contributed by atoms with E-state index >= 15 is 0 Å². The summed E-state index contributed by atoms with van der Waals surface area (Å²) in [6.07, 6.45) is 4.23. The zero-order valence-corrected chi connectivity index (χ0v) is 10.9. The maximum absolute atomic E-state index is 9.66. The van der Waals surface area contributed by atoms with Gasteiger partial charge in [-0.3, -0.25) is 4.90 Å². The fourth-order valence-electron chi connectivity index (χ4n) is 3.20. The van der Waals surface area contributed by atoms with E-state index in [4.69, 9.17) is 0 Å². The number of hydrogen-bond donors (Lipinski definition) is 3. The molecule has 1 saturated carbocycles. The van der Waals surface area contributed by atoms with E-state index < -0.39 is 18.3 Å². The van der Waals surface area contributed by atoms with Gasteiger partial charge in [0, 0.05) is 19.6 Å². The van der Waals surface area contributed by atoms with Crippen molar-refractivity contribution in [1.82, 2.24) is 4.90 Å². The highest BCUT2D eigenvalue weighted by atomic mass is 16.4. The van der Waals surface area contributed by atoms with Crippen LogP contribution in [0.5, 0.6) is 0 Å². The standard InChI is InChI=1S/C14H25NO3/c1-2-10-3-5-11(6-4-10)7-15-8-12(16)14(18)13(17)9-15/h2,10-14,16-18H,1,3-9H2. The summed E-state index contributed by atoms with van der Waals surface area (Å²) >= 11 is 0. The molecule has 2 atom stereocenters. The van der Waals surface area contributed by atoms with Crippen molar-refractivity contribution >= 4 is 0 Å². The normalized spacial score (nSPS) is 42.7. The molecule has 104 valence electrons. The van der Waals surface area contributed by atoms with Crippen molar-refractivity contribution in [2.75, 3.05) is 19.6 Å². The molecule has 1 aliphatic carbocycles. The number of rotatable bonds is 3. The van der Waals surface area contributed by atoms with Crippen LogP contribution in [-0.2, 0) is 0 Å². The number of β-amino-alcohol motifs (C(OH)–C–C–N with tert-alkyl or cyclic N) is 2. The summed E-state index contributed by atoms with van der Waals surface area (Å²) in [4.78, 5) is 2.08. The highest BCUT2D eigenvalue weighted by molar-refractivity contribution is 4.89. The molecule has 1 saturated heterocycles. The smallest absolute Gasteiger partial charge is 0.108 e. The summed E-state index contributed by atoms with van der Waals surface area (Å²) in [5.41, 5.74) is 0. The van der Waals surface area contributed by atoms with Crippen LogP contribution in [0, 0.1) is 11.8 Å². The van der Waals surface area contributed by atoms with Gasteiger partial charge in [0.1, 0.15) is 6.10 Å². The third-order valence-electron chi connectivity index (χ3n) is 4.42. The van der Waals surface area contributed by atoms with E-state index in [9.17, 15) is 15.3 Å². The lowest BCUT2D eigenvalue weighted by atomic mass is 9.81. The van der Waals surface area contributed by atoms with Crippen LogP contribution in [0.1, 0.15) is 25.7 Å². The number of nitrogens with zero attached hydrogens (tertiary/aromatic N) is 1. The van der Waals surface area contributed by atoms with Crippen LogP contribution in [0.2, 0.25) is 0 Å². The van der Waals surface area contributed by atoms with E-state index in [2.05, 4.69) is 17.6 Å². The molecule has 2 fully saturated rings. The van der Waals surface area contributed by atoms with Gasteiger partial charge in [0.15, 0.2) is 0 Å². The van der Waals surface area contributed by atoms with Gasteiger partial charge < -0.3 is 15.3 Å². The summed E-state index contributed by atoms with van der Waals surface area (Å²) in [5, 5.41) is 28.8. The van der Waals surface area contributed by atoms with Gasteiger partial charge in [-0.25, -0.2) is 0 Å². The third kappa shape index (κ3) is 3.32. The number of likely N-dealkylation sites (tertiary alicyclic amines) is 1. The number of piperidine rings is 1.